The van der Waals surface area contributed by atoms with Crippen molar-refractivity contribution in [2.45, 2.75) is 51.2 Å². The van der Waals surface area contributed by atoms with Crippen molar-refractivity contribution in [3.05, 3.63) is 0 Å². The van der Waals surface area contributed by atoms with Gasteiger partial charge in [0, 0.05) is 0 Å². The van der Waals surface area contributed by atoms with Crippen molar-refractivity contribution in [1.29, 1.82) is 0 Å². The van der Waals surface area contributed by atoms with Gasteiger partial charge >= 0.3 is 5.97 Å². The summed E-state index contributed by atoms with van der Waals surface area (Å²) in [6.45, 7) is 3.77. The van der Waals surface area contributed by atoms with Gasteiger partial charge in [0.2, 0.25) is 0 Å². The molecule has 4 nitrogen and oxygen atoms in total. The van der Waals surface area contributed by atoms with Crippen LogP contribution in [0.2, 0.25) is 0 Å². The maximum absolute atomic E-state index is 11.7. The predicted molar refractivity (Wildman–Crippen MR) is 59.6 cm³/mol. The van der Waals surface area contributed by atoms with Gasteiger partial charge in [0.1, 0.15) is 0 Å². The van der Waals surface area contributed by atoms with Gasteiger partial charge in [-0.15, -0.1) is 0 Å². The quantitative estimate of drug-likeness (QED) is 0.653. The Morgan fingerprint density at radius 3 is 2.20 bits per heavy atom. The summed E-state index contributed by atoms with van der Waals surface area (Å²) in [5, 5.41) is 7.61. The molecule has 1 atom stereocenters. The number of carbonyl (C=O) groups is 1. The van der Waals surface area contributed by atoms with Crippen LogP contribution in [0.15, 0.2) is 0 Å². The van der Waals surface area contributed by atoms with Crippen molar-refractivity contribution >= 4 is 15.8 Å². The second-order valence-electron chi connectivity index (χ2n) is 3.69. The molecule has 0 heterocycles. The van der Waals surface area contributed by atoms with Crippen LogP contribution in [0.1, 0.15) is 46.0 Å². The van der Waals surface area contributed by atoms with Crippen LogP contribution in [0.25, 0.3) is 0 Å². The first-order chi connectivity index (χ1) is 6.95. The topological polar surface area (TPSA) is 71.4 Å². The molecule has 5 heteroatoms. The highest BCUT2D eigenvalue weighted by atomic mass is 32.2. The first-order valence-electron chi connectivity index (χ1n) is 5.40. The Labute approximate surface area is 91.6 Å². The number of aliphatic carboxylic acids is 1. The molecule has 0 aliphatic rings. The molecule has 0 saturated carbocycles. The fraction of sp³-hybridized carbons (Fsp3) is 0.900. The van der Waals surface area contributed by atoms with Crippen LogP contribution < -0.4 is 0 Å². The van der Waals surface area contributed by atoms with E-state index in [0.717, 1.165) is 12.8 Å². The van der Waals surface area contributed by atoms with E-state index in [1.807, 2.05) is 6.92 Å². The third kappa shape index (κ3) is 5.16. The van der Waals surface area contributed by atoms with Gasteiger partial charge in [-0.3, -0.25) is 4.79 Å². The van der Waals surface area contributed by atoms with Gasteiger partial charge in [-0.25, -0.2) is 8.42 Å². The molecule has 0 radical (unpaired) electrons. The average molecular weight is 236 g/mol. The minimum Gasteiger partial charge on any atom is -0.480 e. The van der Waals surface area contributed by atoms with E-state index >= 15 is 0 Å². The fourth-order valence-electron chi connectivity index (χ4n) is 1.41. The summed E-state index contributed by atoms with van der Waals surface area (Å²) in [6.07, 6.45) is 3.11. The van der Waals surface area contributed by atoms with Gasteiger partial charge < -0.3 is 5.11 Å². The lowest BCUT2D eigenvalue weighted by atomic mass is 10.2. The Kier molecular flexibility index (Phi) is 6.56. The smallest absolute Gasteiger partial charge is 0.321 e. The second kappa shape index (κ2) is 6.82. The van der Waals surface area contributed by atoms with Crippen molar-refractivity contribution in [1.82, 2.24) is 0 Å². The highest BCUT2D eigenvalue weighted by Gasteiger charge is 2.30. The summed E-state index contributed by atoms with van der Waals surface area (Å²) in [6, 6.07) is 0. The Morgan fingerprint density at radius 1 is 1.20 bits per heavy atom. The van der Waals surface area contributed by atoms with Crippen LogP contribution in [0.4, 0.5) is 0 Å². The van der Waals surface area contributed by atoms with Crippen LogP contribution in [0, 0.1) is 0 Å². The molecule has 0 rings (SSSR count). The van der Waals surface area contributed by atoms with Crippen molar-refractivity contribution < 1.29 is 18.3 Å². The summed E-state index contributed by atoms with van der Waals surface area (Å²) in [5.74, 6) is -1.22. The van der Waals surface area contributed by atoms with Crippen LogP contribution >= 0.6 is 0 Å². The third-order valence-electron chi connectivity index (χ3n) is 2.29. The molecule has 0 aromatic heterocycles. The number of sulfone groups is 1. The molecule has 90 valence electrons. The molecule has 1 N–H and O–H groups in total. The molecule has 0 aliphatic carbocycles. The summed E-state index contributed by atoms with van der Waals surface area (Å²) < 4.78 is 23.3. The molecule has 0 amide bonds. The standard InChI is InChI=1S/C10H20O4S/c1-3-5-6-8-15(13,14)9(7-4-2)10(11)12/h9H,3-8H2,1-2H3,(H,11,12). The molecule has 0 aromatic rings. The third-order valence-corrected chi connectivity index (χ3v) is 4.45. The van der Waals surface area contributed by atoms with Crippen molar-refractivity contribution in [3.63, 3.8) is 0 Å². The summed E-state index contributed by atoms with van der Waals surface area (Å²) in [7, 11) is -3.46. The maximum atomic E-state index is 11.7. The molecule has 0 aliphatic heterocycles. The Balaban J connectivity index is 4.44. The minimum absolute atomic E-state index is 0.00218. The van der Waals surface area contributed by atoms with E-state index in [9.17, 15) is 13.2 Å². The zero-order valence-electron chi connectivity index (χ0n) is 9.40. The number of carboxylic acid groups (broad SMARTS) is 1. The Morgan fingerprint density at radius 2 is 1.80 bits per heavy atom. The van der Waals surface area contributed by atoms with Crippen molar-refractivity contribution in [3.8, 4) is 0 Å². The van der Waals surface area contributed by atoms with Crippen LogP contribution in [0.3, 0.4) is 0 Å². The molecule has 15 heavy (non-hydrogen) atoms. The molecule has 0 aromatic carbocycles. The summed E-state index contributed by atoms with van der Waals surface area (Å²) in [5.41, 5.74) is 0. The van der Waals surface area contributed by atoms with Gasteiger partial charge in [0.05, 0.1) is 5.75 Å². The SMILES string of the molecule is CCCCCS(=O)(=O)C(CCC)C(=O)O. The fourth-order valence-corrected chi connectivity index (χ4v) is 3.21. The van der Waals surface area contributed by atoms with E-state index in [2.05, 4.69) is 0 Å². The lowest BCUT2D eigenvalue weighted by molar-refractivity contribution is -0.136. The van der Waals surface area contributed by atoms with Gasteiger partial charge in [-0.1, -0.05) is 33.1 Å². The van der Waals surface area contributed by atoms with Gasteiger partial charge in [0.25, 0.3) is 0 Å². The molecule has 0 bridgehead atoms. The molecular weight excluding hydrogens is 216 g/mol. The van der Waals surface area contributed by atoms with E-state index in [-0.39, 0.29) is 12.2 Å². The van der Waals surface area contributed by atoms with E-state index in [1.54, 1.807) is 6.92 Å². The van der Waals surface area contributed by atoms with Crippen molar-refractivity contribution in [2.24, 2.45) is 0 Å². The minimum atomic E-state index is -3.46. The van der Waals surface area contributed by atoms with Gasteiger partial charge in [-0.05, 0) is 12.8 Å². The molecule has 0 spiro atoms. The maximum Gasteiger partial charge on any atom is 0.321 e. The predicted octanol–water partition coefficient (Wildman–Crippen LogP) is 1.84. The first kappa shape index (κ1) is 14.4. The number of carboxylic acids is 1. The Bertz CT molecular complexity index is 282. The highest BCUT2D eigenvalue weighted by Crippen LogP contribution is 2.12. The Hall–Kier alpha value is -0.580. The number of hydrogen-bond donors (Lipinski definition) is 1. The van der Waals surface area contributed by atoms with Crippen LogP contribution in [0.5, 0.6) is 0 Å². The highest BCUT2D eigenvalue weighted by molar-refractivity contribution is 7.92. The number of unbranched alkanes of at least 4 members (excludes halogenated alkanes) is 2. The molecule has 0 fully saturated rings. The number of hydrogen-bond acceptors (Lipinski definition) is 3. The van der Waals surface area contributed by atoms with Crippen molar-refractivity contribution in [2.75, 3.05) is 5.75 Å². The normalized spacial score (nSPS) is 13.7. The summed E-state index contributed by atoms with van der Waals surface area (Å²) >= 11 is 0. The zero-order valence-corrected chi connectivity index (χ0v) is 10.2. The van der Waals surface area contributed by atoms with E-state index < -0.39 is 21.1 Å². The van der Waals surface area contributed by atoms with Gasteiger partial charge in [0.15, 0.2) is 15.1 Å². The van der Waals surface area contributed by atoms with E-state index in [4.69, 9.17) is 5.11 Å². The zero-order chi connectivity index (χ0) is 11.9. The largest absolute Gasteiger partial charge is 0.480 e. The lowest BCUT2D eigenvalue weighted by Gasteiger charge is -2.12. The molecular formula is C10H20O4S. The van der Waals surface area contributed by atoms with Crippen LogP contribution in [-0.4, -0.2) is 30.5 Å². The first-order valence-corrected chi connectivity index (χ1v) is 7.11. The van der Waals surface area contributed by atoms with Crippen LogP contribution in [-0.2, 0) is 14.6 Å². The lowest BCUT2D eigenvalue weighted by Crippen LogP contribution is -2.32. The second-order valence-corrected chi connectivity index (χ2v) is 5.99. The molecule has 0 saturated heterocycles. The van der Waals surface area contributed by atoms with E-state index in [1.165, 1.54) is 0 Å². The molecule has 1 unspecified atom stereocenters. The number of rotatable bonds is 8. The van der Waals surface area contributed by atoms with Gasteiger partial charge in [-0.2, -0.15) is 0 Å². The average Bonchev–Trinajstić information content (AvgIpc) is 2.13. The van der Waals surface area contributed by atoms with E-state index in [0.29, 0.717) is 12.8 Å². The summed E-state index contributed by atoms with van der Waals surface area (Å²) in [4.78, 5) is 10.8. The monoisotopic (exact) mass is 236 g/mol.